The number of hydrogen-bond donors (Lipinski definition) is 0. The minimum absolute atomic E-state index is 0.546. The molecule has 2 heteroatoms. The molecule has 0 spiro atoms. The highest BCUT2D eigenvalue weighted by Gasteiger charge is 2.48. The van der Waals surface area contributed by atoms with E-state index in [0.717, 1.165) is 29.6 Å². The first kappa shape index (κ1) is 18.3. The molecule has 2 heterocycles. The molecule has 0 radical (unpaired) electrons. The summed E-state index contributed by atoms with van der Waals surface area (Å²) in [5.41, 5.74) is 1.74. The van der Waals surface area contributed by atoms with Crippen LogP contribution in [0.3, 0.4) is 0 Å². The van der Waals surface area contributed by atoms with Crippen molar-refractivity contribution in [2.45, 2.75) is 56.0 Å². The van der Waals surface area contributed by atoms with Crippen LogP contribution in [0.15, 0.2) is 60.7 Å². The lowest BCUT2D eigenvalue weighted by Crippen LogP contribution is -2.62. The molecule has 0 amide bonds. The molecule has 2 aromatic carbocycles. The Bertz CT molecular complexity index is 748. The van der Waals surface area contributed by atoms with Gasteiger partial charge in [-0.1, -0.05) is 60.7 Å². The Balaban J connectivity index is 1.70. The minimum Gasteiger partial charge on any atom is -0.324 e. The van der Waals surface area contributed by atoms with Crippen LogP contribution < -0.4 is 0 Å². The Kier molecular flexibility index (Phi) is 4.82. The van der Waals surface area contributed by atoms with Crippen molar-refractivity contribution >= 4 is 0 Å². The zero-order valence-corrected chi connectivity index (χ0v) is 16.6. The SMILES string of the molecule is C[N+]1(C)[C@@H]2CCC[C@H]1CC(CC(C#N)(c1ccccc1)c1ccccc1)C2. The largest absolute Gasteiger partial charge is 0.324 e. The Labute approximate surface area is 164 Å². The summed E-state index contributed by atoms with van der Waals surface area (Å²) in [6.07, 6.45) is 7.51. The third-order valence-electron chi connectivity index (χ3n) is 7.49. The van der Waals surface area contributed by atoms with Crippen molar-refractivity contribution in [2.24, 2.45) is 5.92 Å². The van der Waals surface area contributed by atoms with E-state index in [1.165, 1.54) is 36.6 Å². The molecule has 2 aliphatic rings. The van der Waals surface area contributed by atoms with Gasteiger partial charge in [-0.15, -0.1) is 0 Å². The highest BCUT2D eigenvalue weighted by molar-refractivity contribution is 5.45. The van der Waals surface area contributed by atoms with Crippen LogP contribution in [0, 0.1) is 17.2 Å². The van der Waals surface area contributed by atoms with Crippen LogP contribution >= 0.6 is 0 Å². The zero-order chi connectivity index (χ0) is 18.9. The number of nitrogens with zero attached hydrogens (tertiary/aromatic N) is 2. The summed E-state index contributed by atoms with van der Waals surface area (Å²) in [6.45, 7) is 0. The molecule has 140 valence electrons. The molecule has 1 unspecified atom stereocenters. The molecule has 0 N–H and O–H groups in total. The van der Waals surface area contributed by atoms with E-state index in [1.54, 1.807) is 0 Å². The second kappa shape index (κ2) is 7.13. The number of nitriles is 1. The Hall–Kier alpha value is -2.11. The molecule has 3 atom stereocenters. The van der Waals surface area contributed by atoms with Gasteiger partial charge in [0, 0.05) is 12.8 Å². The summed E-state index contributed by atoms with van der Waals surface area (Å²) < 4.78 is 1.19. The van der Waals surface area contributed by atoms with Crippen molar-refractivity contribution in [3.63, 3.8) is 0 Å². The van der Waals surface area contributed by atoms with E-state index >= 15 is 0 Å². The fourth-order valence-electron chi connectivity index (χ4n) is 5.82. The molecule has 0 aromatic heterocycles. The van der Waals surface area contributed by atoms with Gasteiger partial charge in [0.1, 0.15) is 5.41 Å². The van der Waals surface area contributed by atoms with Crippen molar-refractivity contribution < 1.29 is 4.48 Å². The second-order valence-corrected chi connectivity index (χ2v) is 9.16. The maximum atomic E-state index is 10.5. The van der Waals surface area contributed by atoms with Crippen molar-refractivity contribution in [1.82, 2.24) is 0 Å². The third kappa shape index (κ3) is 3.19. The van der Waals surface area contributed by atoms with Crippen LogP contribution in [0.25, 0.3) is 0 Å². The van der Waals surface area contributed by atoms with E-state index in [4.69, 9.17) is 0 Å². The van der Waals surface area contributed by atoms with Crippen molar-refractivity contribution in [2.75, 3.05) is 14.1 Å². The highest BCUT2D eigenvalue weighted by Crippen LogP contribution is 2.46. The number of rotatable bonds is 4. The monoisotopic (exact) mass is 359 g/mol. The summed E-state index contributed by atoms with van der Waals surface area (Å²) in [7, 11) is 4.85. The van der Waals surface area contributed by atoms with Gasteiger partial charge in [-0.3, -0.25) is 0 Å². The van der Waals surface area contributed by atoms with Crippen LogP contribution in [0.4, 0.5) is 0 Å². The third-order valence-corrected chi connectivity index (χ3v) is 7.49. The normalized spacial score (nSPS) is 26.9. The number of hydrogen-bond acceptors (Lipinski definition) is 1. The fraction of sp³-hybridized carbons (Fsp3) is 0.480. The maximum absolute atomic E-state index is 10.5. The molecule has 4 rings (SSSR count). The second-order valence-electron chi connectivity index (χ2n) is 9.16. The fourth-order valence-corrected chi connectivity index (χ4v) is 5.82. The Morgan fingerprint density at radius 2 is 1.37 bits per heavy atom. The summed E-state index contributed by atoms with van der Waals surface area (Å²) in [5.74, 6) is 0.617. The quantitative estimate of drug-likeness (QED) is 0.680. The van der Waals surface area contributed by atoms with Gasteiger partial charge < -0.3 is 4.48 Å². The van der Waals surface area contributed by atoms with Gasteiger partial charge in [0.05, 0.1) is 32.2 Å². The summed E-state index contributed by atoms with van der Waals surface area (Å²) in [5, 5.41) is 10.5. The Morgan fingerprint density at radius 1 is 0.889 bits per heavy atom. The molecule has 0 saturated carbocycles. The van der Waals surface area contributed by atoms with Crippen molar-refractivity contribution in [1.29, 1.82) is 5.26 Å². The smallest absolute Gasteiger partial charge is 0.107 e. The lowest BCUT2D eigenvalue weighted by Gasteiger charge is -2.54. The molecule has 2 bridgehead atoms. The first-order valence-corrected chi connectivity index (χ1v) is 10.4. The molecule has 0 aliphatic carbocycles. The Morgan fingerprint density at radius 3 is 1.81 bits per heavy atom. The van der Waals surface area contributed by atoms with Crippen molar-refractivity contribution in [3.8, 4) is 6.07 Å². The van der Waals surface area contributed by atoms with E-state index in [2.05, 4.69) is 68.7 Å². The number of piperidine rings is 2. The van der Waals surface area contributed by atoms with E-state index in [1.807, 2.05) is 12.1 Å². The molecule has 2 aliphatic heterocycles. The van der Waals surface area contributed by atoms with Gasteiger partial charge in [-0.05, 0) is 42.7 Å². The van der Waals surface area contributed by atoms with Crippen molar-refractivity contribution in [3.05, 3.63) is 71.8 Å². The van der Waals surface area contributed by atoms with Crippen LogP contribution in [0.5, 0.6) is 0 Å². The number of benzene rings is 2. The standard InChI is InChI=1S/C25H31N2/c1-27(2)23-14-9-15-24(27)17-20(16-23)18-25(19-26,21-10-5-3-6-11-21)22-12-7-4-8-13-22/h3-8,10-13,20,23-24H,9,14-18H2,1-2H3/q+1/t20?,23-,24+. The van der Waals surface area contributed by atoms with Gasteiger partial charge in [-0.25, -0.2) is 0 Å². The van der Waals surface area contributed by atoms with Gasteiger partial charge in [-0.2, -0.15) is 5.26 Å². The van der Waals surface area contributed by atoms with E-state index in [9.17, 15) is 5.26 Å². The summed E-state index contributed by atoms with van der Waals surface area (Å²) >= 11 is 0. The average molecular weight is 360 g/mol. The molecule has 2 fully saturated rings. The zero-order valence-electron chi connectivity index (χ0n) is 16.6. The summed E-state index contributed by atoms with van der Waals surface area (Å²) in [4.78, 5) is 0. The first-order chi connectivity index (χ1) is 13.1. The van der Waals surface area contributed by atoms with Gasteiger partial charge in [0.2, 0.25) is 0 Å². The lowest BCUT2D eigenvalue weighted by atomic mass is 9.65. The molecule has 2 nitrogen and oxygen atoms in total. The van der Waals surface area contributed by atoms with Crippen LogP contribution in [-0.4, -0.2) is 30.7 Å². The maximum Gasteiger partial charge on any atom is 0.107 e. The number of quaternary nitrogens is 1. The van der Waals surface area contributed by atoms with Crippen LogP contribution in [0.1, 0.15) is 49.7 Å². The van der Waals surface area contributed by atoms with Gasteiger partial charge >= 0.3 is 0 Å². The molecular formula is C25H31N2+. The molecule has 27 heavy (non-hydrogen) atoms. The topological polar surface area (TPSA) is 23.8 Å². The number of fused-ring (bicyclic) bond motifs is 2. The summed E-state index contributed by atoms with van der Waals surface area (Å²) in [6, 6.07) is 25.2. The van der Waals surface area contributed by atoms with Crippen LogP contribution in [0.2, 0.25) is 0 Å². The van der Waals surface area contributed by atoms with E-state index < -0.39 is 5.41 Å². The molecular weight excluding hydrogens is 328 g/mol. The van der Waals surface area contributed by atoms with E-state index in [0.29, 0.717) is 5.92 Å². The predicted octanol–water partition coefficient (Wildman–Crippen LogP) is 5.29. The average Bonchev–Trinajstić information content (AvgIpc) is 2.68. The minimum atomic E-state index is -0.546. The molecule has 2 saturated heterocycles. The lowest BCUT2D eigenvalue weighted by molar-refractivity contribution is -0.950. The highest BCUT2D eigenvalue weighted by atomic mass is 15.4. The first-order valence-electron chi connectivity index (χ1n) is 10.4. The van der Waals surface area contributed by atoms with Gasteiger partial charge in [0.25, 0.3) is 0 Å². The molecule has 2 aromatic rings. The van der Waals surface area contributed by atoms with E-state index in [-0.39, 0.29) is 0 Å². The van der Waals surface area contributed by atoms with Crippen LogP contribution in [-0.2, 0) is 5.41 Å². The van der Waals surface area contributed by atoms with Gasteiger partial charge in [0.15, 0.2) is 0 Å². The predicted molar refractivity (Wildman–Crippen MR) is 110 cm³/mol.